The summed E-state index contributed by atoms with van der Waals surface area (Å²) in [5.41, 5.74) is 6.11. The van der Waals surface area contributed by atoms with Crippen LogP contribution in [0.25, 0.3) is 5.70 Å². The predicted octanol–water partition coefficient (Wildman–Crippen LogP) is 2.54. The zero-order valence-electron chi connectivity index (χ0n) is 16.9. The number of hydrazine groups is 1. The highest BCUT2D eigenvalue weighted by molar-refractivity contribution is 5.90. The van der Waals surface area contributed by atoms with Gasteiger partial charge in [-0.25, -0.2) is 0 Å². The molecule has 0 saturated carbocycles. The Bertz CT molecular complexity index is 613. The van der Waals surface area contributed by atoms with Crippen molar-refractivity contribution in [3.05, 3.63) is 41.5 Å². The summed E-state index contributed by atoms with van der Waals surface area (Å²) < 4.78 is 0. The van der Waals surface area contributed by atoms with Crippen molar-refractivity contribution in [1.29, 1.82) is 0 Å². The molecule has 3 N–H and O–H groups in total. The maximum atomic E-state index is 13.4. The smallest absolute Gasteiger partial charge is 0.253 e. The summed E-state index contributed by atoms with van der Waals surface area (Å²) in [7, 11) is 0. The molecule has 0 atom stereocenters. The second-order valence-electron chi connectivity index (χ2n) is 7.56. The van der Waals surface area contributed by atoms with E-state index in [0.29, 0.717) is 25.6 Å². The minimum absolute atomic E-state index is 0.129. The number of rotatable bonds is 9. The number of hydrogen-bond donors (Lipinski definition) is 3. The molecule has 1 aromatic carbocycles. The van der Waals surface area contributed by atoms with E-state index in [9.17, 15) is 4.79 Å². The monoisotopic (exact) mass is 358 g/mol. The van der Waals surface area contributed by atoms with Crippen molar-refractivity contribution in [3.8, 4) is 0 Å². The zero-order valence-corrected chi connectivity index (χ0v) is 16.9. The van der Waals surface area contributed by atoms with Crippen LogP contribution in [0.3, 0.4) is 0 Å². The van der Waals surface area contributed by atoms with Crippen molar-refractivity contribution in [2.75, 3.05) is 32.7 Å². The third-order valence-corrected chi connectivity index (χ3v) is 4.64. The fourth-order valence-corrected chi connectivity index (χ4v) is 3.22. The van der Waals surface area contributed by atoms with Crippen molar-refractivity contribution in [2.24, 2.45) is 11.3 Å². The second-order valence-corrected chi connectivity index (χ2v) is 7.56. The highest BCUT2D eigenvalue weighted by Crippen LogP contribution is 2.30. The second kappa shape index (κ2) is 9.19. The summed E-state index contributed by atoms with van der Waals surface area (Å²) >= 11 is 0. The molecule has 1 amide bonds. The molecule has 5 nitrogen and oxygen atoms in total. The van der Waals surface area contributed by atoms with E-state index < -0.39 is 5.41 Å². The molecule has 0 aromatic heterocycles. The quantitative estimate of drug-likeness (QED) is 0.635. The van der Waals surface area contributed by atoms with Crippen molar-refractivity contribution in [3.63, 3.8) is 0 Å². The van der Waals surface area contributed by atoms with Crippen LogP contribution in [0.15, 0.2) is 30.3 Å². The van der Waals surface area contributed by atoms with Crippen LogP contribution in [-0.2, 0) is 4.79 Å². The Morgan fingerprint density at radius 3 is 2.15 bits per heavy atom. The first-order chi connectivity index (χ1) is 12.4. The molecule has 0 unspecified atom stereocenters. The third-order valence-electron chi connectivity index (χ3n) is 4.64. The molecule has 0 bridgehead atoms. The van der Waals surface area contributed by atoms with Crippen molar-refractivity contribution in [1.82, 2.24) is 21.1 Å². The summed E-state index contributed by atoms with van der Waals surface area (Å²) in [5.74, 6) is 0.517. The molecule has 5 heteroatoms. The molecule has 26 heavy (non-hydrogen) atoms. The SMILES string of the molecule is CCNCC1(CNCC)C=C(c2ccc(C)cc2)NN(CC(C)C)C1=O. The van der Waals surface area contributed by atoms with Crippen LogP contribution in [0, 0.1) is 18.3 Å². The average molecular weight is 359 g/mol. The number of nitrogens with one attached hydrogen (secondary N) is 3. The molecule has 0 radical (unpaired) electrons. The van der Waals surface area contributed by atoms with Gasteiger partial charge in [0.2, 0.25) is 0 Å². The molecule has 1 aromatic rings. The molecule has 144 valence electrons. The molecule has 0 fully saturated rings. The van der Waals surface area contributed by atoms with Crippen LogP contribution in [0.4, 0.5) is 0 Å². The summed E-state index contributed by atoms with van der Waals surface area (Å²) in [6, 6.07) is 8.44. The Labute approximate surface area is 158 Å². The maximum absolute atomic E-state index is 13.4. The van der Waals surface area contributed by atoms with Gasteiger partial charge < -0.3 is 10.6 Å². The molecular formula is C21H34N4O. The van der Waals surface area contributed by atoms with E-state index in [2.05, 4.69) is 81.0 Å². The van der Waals surface area contributed by atoms with Crippen LogP contribution in [-0.4, -0.2) is 43.6 Å². The first kappa shape index (κ1) is 20.5. The summed E-state index contributed by atoms with van der Waals surface area (Å²) in [6.07, 6.45) is 2.11. The molecule has 0 saturated heterocycles. The van der Waals surface area contributed by atoms with E-state index in [1.54, 1.807) is 5.01 Å². The van der Waals surface area contributed by atoms with Crippen LogP contribution < -0.4 is 16.1 Å². The first-order valence-electron chi connectivity index (χ1n) is 9.71. The van der Waals surface area contributed by atoms with Crippen LogP contribution in [0.5, 0.6) is 0 Å². The predicted molar refractivity (Wildman–Crippen MR) is 108 cm³/mol. The lowest BCUT2D eigenvalue weighted by Crippen LogP contribution is -2.60. The molecule has 1 aliphatic rings. The normalized spacial score (nSPS) is 16.6. The molecule has 0 spiro atoms. The van der Waals surface area contributed by atoms with E-state index in [-0.39, 0.29) is 5.91 Å². The Morgan fingerprint density at radius 2 is 1.65 bits per heavy atom. The molecule has 1 aliphatic heterocycles. The maximum Gasteiger partial charge on any atom is 0.253 e. The van der Waals surface area contributed by atoms with Gasteiger partial charge in [0.1, 0.15) is 0 Å². The van der Waals surface area contributed by atoms with Crippen molar-refractivity contribution >= 4 is 11.6 Å². The number of carbonyl (C=O) groups is 1. The van der Waals surface area contributed by atoms with Gasteiger partial charge in [0.05, 0.1) is 11.1 Å². The minimum Gasteiger partial charge on any atom is -0.316 e. The third kappa shape index (κ3) is 4.86. The average Bonchev–Trinajstić information content (AvgIpc) is 2.61. The van der Waals surface area contributed by atoms with Gasteiger partial charge in [0.25, 0.3) is 5.91 Å². The number of amides is 1. The first-order valence-corrected chi connectivity index (χ1v) is 9.71. The van der Waals surface area contributed by atoms with Gasteiger partial charge in [-0.15, -0.1) is 0 Å². The lowest BCUT2D eigenvalue weighted by molar-refractivity contribution is -0.143. The van der Waals surface area contributed by atoms with Gasteiger partial charge in [-0.2, -0.15) is 0 Å². The standard InChI is InChI=1S/C21H34N4O/c1-6-22-14-21(15-23-7-2)12-19(18-10-8-17(5)9-11-18)24-25(20(21)26)13-16(3)4/h8-12,16,22-24H,6-7,13-15H2,1-5H3. The number of benzene rings is 1. The minimum atomic E-state index is -0.591. The fraction of sp³-hybridized carbons (Fsp3) is 0.571. The number of hydrogen-bond acceptors (Lipinski definition) is 4. The lowest BCUT2D eigenvalue weighted by Gasteiger charge is -2.42. The summed E-state index contributed by atoms with van der Waals surface area (Å²) in [6.45, 7) is 14.1. The van der Waals surface area contributed by atoms with E-state index in [4.69, 9.17) is 0 Å². The number of aryl methyl sites for hydroxylation is 1. The van der Waals surface area contributed by atoms with Gasteiger partial charge >= 0.3 is 0 Å². The highest BCUT2D eigenvalue weighted by Gasteiger charge is 2.43. The van der Waals surface area contributed by atoms with Crippen LogP contribution in [0.1, 0.15) is 38.8 Å². The Morgan fingerprint density at radius 1 is 1.08 bits per heavy atom. The largest absolute Gasteiger partial charge is 0.316 e. The van der Waals surface area contributed by atoms with Crippen molar-refractivity contribution in [2.45, 2.75) is 34.6 Å². The number of nitrogens with zero attached hydrogens (tertiary/aromatic N) is 1. The zero-order chi connectivity index (χ0) is 19.2. The lowest BCUT2D eigenvalue weighted by atomic mass is 9.82. The van der Waals surface area contributed by atoms with Gasteiger partial charge in [-0.1, -0.05) is 57.5 Å². The molecule has 1 heterocycles. The van der Waals surface area contributed by atoms with Gasteiger partial charge in [-0.3, -0.25) is 15.2 Å². The summed E-state index contributed by atoms with van der Waals surface area (Å²) in [4.78, 5) is 13.4. The summed E-state index contributed by atoms with van der Waals surface area (Å²) in [5, 5.41) is 8.59. The van der Waals surface area contributed by atoms with E-state index >= 15 is 0 Å². The molecule has 2 rings (SSSR count). The Hall–Kier alpha value is -1.85. The Kier molecular flexibility index (Phi) is 7.23. The van der Waals surface area contributed by atoms with E-state index in [0.717, 1.165) is 24.4 Å². The fourth-order valence-electron chi connectivity index (χ4n) is 3.22. The molecular weight excluding hydrogens is 324 g/mol. The van der Waals surface area contributed by atoms with Crippen molar-refractivity contribution < 1.29 is 4.79 Å². The van der Waals surface area contributed by atoms with Gasteiger partial charge in [0.15, 0.2) is 0 Å². The van der Waals surface area contributed by atoms with E-state index in [1.807, 2.05) is 0 Å². The Balaban J connectivity index is 2.46. The van der Waals surface area contributed by atoms with Gasteiger partial charge in [-0.05, 0) is 37.6 Å². The van der Waals surface area contributed by atoms with Crippen LogP contribution in [0.2, 0.25) is 0 Å². The van der Waals surface area contributed by atoms with E-state index in [1.165, 1.54) is 5.56 Å². The topological polar surface area (TPSA) is 56.4 Å². The highest BCUT2D eigenvalue weighted by atomic mass is 16.2. The molecule has 0 aliphatic carbocycles. The van der Waals surface area contributed by atoms with Crippen LogP contribution >= 0.6 is 0 Å². The number of carbonyl (C=O) groups excluding carboxylic acids is 1. The van der Waals surface area contributed by atoms with Gasteiger partial charge in [0, 0.05) is 19.6 Å².